The molecule has 1 aliphatic rings. The largest absolute Gasteiger partial charge is 0.308 e. The molecule has 3 rings (SSSR count). The van der Waals surface area contributed by atoms with E-state index in [4.69, 9.17) is 0 Å². The summed E-state index contributed by atoms with van der Waals surface area (Å²) in [5.41, 5.74) is 3.34. The summed E-state index contributed by atoms with van der Waals surface area (Å²) in [5, 5.41) is 16.4. The van der Waals surface area contributed by atoms with E-state index in [-0.39, 0.29) is 0 Å². The Kier molecular flexibility index (Phi) is 3.82. The maximum absolute atomic E-state index is 4.56. The van der Waals surface area contributed by atoms with E-state index < -0.39 is 0 Å². The van der Waals surface area contributed by atoms with Crippen molar-refractivity contribution in [2.75, 3.05) is 0 Å². The number of nitrogens with zero attached hydrogens (tertiary/aromatic N) is 5. The molecular formula is C14H22N6. The lowest BCUT2D eigenvalue weighted by molar-refractivity contribution is 0.563. The van der Waals surface area contributed by atoms with Crippen molar-refractivity contribution < 1.29 is 0 Å². The molecule has 6 nitrogen and oxygen atoms in total. The summed E-state index contributed by atoms with van der Waals surface area (Å²) >= 11 is 0. The van der Waals surface area contributed by atoms with Crippen molar-refractivity contribution in [3.05, 3.63) is 29.3 Å². The molecule has 0 bridgehead atoms. The van der Waals surface area contributed by atoms with Crippen LogP contribution in [0, 0.1) is 0 Å². The Hall–Kier alpha value is -1.69. The van der Waals surface area contributed by atoms with Crippen LogP contribution in [-0.4, -0.2) is 30.8 Å². The molecule has 6 heteroatoms. The second-order valence-electron chi connectivity index (χ2n) is 5.36. The van der Waals surface area contributed by atoms with Crippen LogP contribution in [0.25, 0.3) is 0 Å². The molecule has 0 spiro atoms. The fraction of sp³-hybridized carbons (Fsp3) is 0.643. The Balaban J connectivity index is 1.65. The molecule has 0 aliphatic heterocycles. The highest BCUT2D eigenvalue weighted by molar-refractivity contribution is 5.11. The van der Waals surface area contributed by atoms with Gasteiger partial charge in [0.05, 0.1) is 29.8 Å². The van der Waals surface area contributed by atoms with E-state index in [0.717, 1.165) is 37.4 Å². The molecule has 1 fully saturated rings. The van der Waals surface area contributed by atoms with Crippen molar-refractivity contribution in [1.82, 2.24) is 30.1 Å². The van der Waals surface area contributed by atoms with Gasteiger partial charge in [-0.15, -0.1) is 5.10 Å². The fourth-order valence-corrected chi connectivity index (χ4v) is 2.29. The summed E-state index contributed by atoms with van der Waals surface area (Å²) in [7, 11) is 0. The smallest absolute Gasteiger partial charge is 0.0965 e. The highest BCUT2D eigenvalue weighted by Crippen LogP contribution is 2.18. The van der Waals surface area contributed by atoms with E-state index in [0.29, 0.717) is 6.04 Å². The molecule has 0 aromatic carbocycles. The van der Waals surface area contributed by atoms with Crippen LogP contribution in [0.4, 0.5) is 0 Å². The molecule has 0 atom stereocenters. The first-order valence-corrected chi connectivity index (χ1v) is 7.46. The van der Waals surface area contributed by atoms with Gasteiger partial charge in [-0.05, 0) is 32.3 Å². The Morgan fingerprint density at radius 3 is 2.85 bits per heavy atom. The van der Waals surface area contributed by atoms with Crippen LogP contribution in [0.15, 0.2) is 12.3 Å². The van der Waals surface area contributed by atoms with Crippen molar-refractivity contribution in [2.45, 2.75) is 58.8 Å². The molecule has 2 aromatic rings. The van der Waals surface area contributed by atoms with E-state index in [1.165, 1.54) is 18.5 Å². The van der Waals surface area contributed by atoms with Crippen molar-refractivity contribution >= 4 is 0 Å². The van der Waals surface area contributed by atoms with Crippen LogP contribution in [0.1, 0.15) is 43.8 Å². The normalized spacial score (nSPS) is 14.9. The minimum Gasteiger partial charge on any atom is -0.308 e. The predicted octanol–water partition coefficient (Wildman–Crippen LogP) is 1.36. The van der Waals surface area contributed by atoms with E-state index in [2.05, 4.69) is 40.6 Å². The quantitative estimate of drug-likeness (QED) is 0.828. The first-order chi connectivity index (χ1) is 9.78. The second kappa shape index (κ2) is 5.75. The molecule has 0 radical (unpaired) electrons. The molecule has 1 saturated carbocycles. The van der Waals surface area contributed by atoms with Crippen LogP contribution < -0.4 is 5.32 Å². The average molecular weight is 274 g/mol. The Morgan fingerprint density at radius 1 is 1.30 bits per heavy atom. The van der Waals surface area contributed by atoms with Gasteiger partial charge in [0.15, 0.2) is 0 Å². The van der Waals surface area contributed by atoms with Gasteiger partial charge in [0, 0.05) is 19.1 Å². The minimum absolute atomic E-state index is 0.703. The summed E-state index contributed by atoms with van der Waals surface area (Å²) in [6.45, 7) is 6.68. The molecule has 108 valence electrons. The third-order valence-corrected chi connectivity index (χ3v) is 3.63. The number of hydrogen-bond donors (Lipinski definition) is 1. The zero-order valence-electron chi connectivity index (χ0n) is 12.2. The van der Waals surface area contributed by atoms with E-state index >= 15 is 0 Å². The zero-order valence-corrected chi connectivity index (χ0v) is 12.2. The van der Waals surface area contributed by atoms with Crippen molar-refractivity contribution in [3.8, 4) is 0 Å². The third-order valence-electron chi connectivity index (χ3n) is 3.63. The van der Waals surface area contributed by atoms with E-state index in [9.17, 15) is 0 Å². The zero-order chi connectivity index (χ0) is 13.9. The molecule has 2 heterocycles. The van der Waals surface area contributed by atoms with Crippen LogP contribution in [0.2, 0.25) is 0 Å². The molecule has 0 unspecified atom stereocenters. The first-order valence-electron chi connectivity index (χ1n) is 7.46. The van der Waals surface area contributed by atoms with Gasteiger partial charge >= 0.3 is 0 Å². The number of aromatic nitrogens is 5. The Labute approximate surface area is 119 Å². The molecular weight excluding hydrogens is 252 g/mol. The maximum Gasteiger partial charge on any atom is 0.0965 e. The summed E-state index contributed by atoms with van der Waals surface area (Å²) in [4.78, 5) is 0. The highest BCUT2D eigenvalue weighted by Gasteiger charge is 2.20. The summed E-state index contributed by atoms with van der Waals surface area (Å²) < 4.78 is 3.94. The van der Waals surface area contributed by atoms with Gasteiger partial charge in [0.25, 0.3) is 0 Å². The fourth-order valence-electron chi connectivity index (χ4n) is 2.29. The minimum atomic E-state index is 0.703. The number of nitrogens with one attached hydrogen (secondary N) is 1. The Bertz CT molecular complexity index is 566. The standard InChI is InChI=1S/C14H22N6/c1-3-11-7-14(20(4-2)17-11)10-19-9-13(16-18-19)8-15-12-5-6-12/h7,9,12,15H,3-6,8,10H2,1-2H3. The predicted molar refractivity (Wildman–Crippen MR) is 76.3 cm³/mol. The molecule has 0 saturated heterocycles. The van der Waals surface area contributed by atoms with Gasteiger partial charge in [-0.2, -0.15) is 5.10 Å². The summed E-state index contributed by atoms with van der Waals surface area (Å²) in [6, 6.07) is 2.86. The molecule has 20 heavy (non-hydrogen) atoms. The van der Waals surface area contributed by atoms with Gasteiger partial charge in [0.1, 0.15) is 0 Å². The van der Waals surface area contributed by atoms with Gasteiger partial charge in [-0.1, -0.05) is 12.1 Å². The number of aryl methyl sites for hydroxylation is 2. The molecule has 1 aliphatic carbocycles. The lowest BCUT2D eigenvalue weighted by Crippen LogP contribution is -2.15. The van der Waals surface area contributed by atoms with Gasteiger partial charge in [-0.3, -0.25) is 4.68 Å². The summed E-state index contributed by atoms with van der Waals surface area (Å²) in [5.74, 6) is 0. The third kappa shape index (κ3) is 3.07. The van der Waals surface area contributed by atoms with E-state index in [1.54, 1.807) is 0 Å². The van der Waals surface area contributed by atoms with Gasteiger partial charge < -0.3 is 5.32 Å². The van der Waals surface area contributed by atoms with Gasteiger partial charge in [0.2, 0.25) is 0 Å². The lowest BCUT2D eigenvalue weighted by atomic mass is 10.3. The van der Waals surface area contributed by atoms with Crippen molar-refractivity contribution in [3.63, 3.8) is 0 Å². The van der Waals surface area contributed by atoms with Gasteiger partial charge in [-0.25, -0.2) is 4.68 Å². The van der Waals surface area contributed by atoms with E-state index in [1.807, 2.05) is 15.6 Å². The van der Waals surface area contributed by atoms with Crippen molar-refractivity contribution in [1.29, 1.82) is 0 Å². The molecule has 1 N–H and O–H groups in total. The second-order valence-corrected chi connectivity index (χ2v) is 5.36. The van der Waals surface area contributed by atoms with Crippen LogP contribution in [-0.2, 0) is 26.1 Å². The summed E-state index contributed by atoms with van der Waals surface area (Å²) in [6.07, 6.45) is 5.58. The highest BCUT2D eigenvalue weighted by atomic mass is 15.4. The molecule has 0 amide bonds. The van der Waals surface area contributed by atoms with Crippen LogP contribution in [0.5, 0.6) is 0 Å². The molecule has 2 aromatic heterocycles. The number of hydrogen-bond acceptors (Lipinski definition) is 4. The van der Waals surface area contributed by atoms with Crippen LogP contribution >= 0.6 is 0 Å². The first kappa shape index (κ1) is 13.3. The van der Waals surface area contributed by atoms with Crippen molar-refractivity contribution in [2.24, 2.45) is 0 Å². The average Bonchev–Trinajstić information content (AvgIpc) is 3.05. The lowest BCUT2D eigenvalue weighted by Gasteiger charge is -2.03. The monoisotopic (exact) mass is 274 g/mol. The maximum atomic E-state index is 4.56. The SMILES string of the molecule is CCc1cc(Cn2cc(CNC3CC3)nn2)n(CC)n1. The Morgan fingerprint density at radius 2 is 2.15 bits per heavy atom. The number of rotatable bonds is 7. The topological polar surface area (TPSA) is 60.6 Å². The van der Waals surface area contributed by atoms with Crippen LogP contribution in [0.3, 0.4) is 0 Å².